The predicted octanol–water partition coefficient (Wildman–Crippen LogP) is 4.18. The molecule has 1 heterocycles. The lowest BCUT2D eigenvalue weighted by molar-refractivity contribution is 1.12. The SMILES string of the molecule is Brc1cc2ccc(I)cc2nc1NC1CC1. The number of halogens is 2. The smallest absolute Gasteiger partial charge is 0.141 e. The maximum Gasteiger partial charge on any atom is 0.141 e. The zero-order valence-corrected chi connectivity index (χ0v) is 12.2. The molecule has 1 aromatic heterocycles. The second-order valence-corrected chi connectivity index (χ2v) is 6.17. The molecule has 2 nitrogen and oxygen atoms in total. The van der Waals surface area contributed by atoms with Gasteiger partial charge in [0.2, 0.25) is 0 Å². The first kappa shape index (κ1) is 10.8. The Morgan fingerprint density at radius 2 is 2.12 bits per heavy atom. The first-order chi connectivity index (χ1) is 7.72. The van der Waals surface area contributed by atoms with Gasteiger partial charge in [-0.1, -0.05) is 6.07 Å². The van der Waals surface area contributed by atoms with Crippen LogP contribution in [0.3, 0.4) is 0 Å². The third-order valence-electron chi connectivity index (χ3n) is 2.65. The van der Waals surface area contributed by atoms with Gasteiger partial charge in [-0.2, -0.15) is 0 Å². The number of anilines is 1. The summed E-state index contributed by atoms with van der Waals surface area (Å²) in [6.45, 7) is 0. The summed E-state index contributed by atoms with van der Waals surface area (Å²) in [5, 5.41) is 4.61. The molecule has 1 fully saturated rings. The van der Waals surface area contributed by atoms with Crippen LogP contribution in [0.15, 0.2) is 28.7 Å². The van der Waals surface area contributed by atoms with Crippen LogP contribution in [0.4, 0.5) is 5.82 Å². The van der Waals surface area contributed by atoms with E-state index in [1.54, 1.807) is 0 Å². The van der Waals surface area contributed by atoms with Gasteiger partial charge in [0.05, 0.1) is 9.99 Å². The van der Waals surface area contributed by atoms with Gasteiger partial charge in [0.15, 0.2) is 0 Å². The van der Waals surface area contributed by atoms with Gasteiger partial charge in [0.25, 0.3) is 0 Å². The van der Waals surface area contributed by atoms with Crippen molar-refractivity contribution >= 4 is 55.2 Å². The second-order valence-electron chi connectivity index (χ2n) is 4.07. The van der Waals surface area contributed by atoms with Crippen molar-refractivity contribution in [3.8, 4) is 0 Å². The Balaban J connectivity index is 2.10. The lowest BCUT2D eigenvalue weighted by Crippen LogP contribution is -2.03. The molecule has 1 saturated carbocycles. The Hall–Kier alpha value is -0.360. The number of rotatable bonds is 2. The van der Waals surface area contributed by atoms with Crippen LogP contribution in [0.25, 0.3) is 10.9 Å². The lowest BCUT2D eigenvalue weighted by atomic mass is 10.2. The molecule has 82 valence electrons. The largest absolute Gasteiger partial charge is 0.366 e. The average Bonchev–Trinajstić information content (AvgIpc) is 3.04. The number of pyridine rings is 1. The average molecular weight is 389 g/mol. The minimum Gasteiger partial charge on any atom is -0.366 e. The van der Waals surface area contributed by atoms with E-state index in [0.717, 1.165) is 15.8 Å². The summed E-state index contributed by atoms with van der Waals surface area (Å²) in [7, 11) is 0. The van der Waals surface area contributed by atoms with E-state index in [2.05, 4.69) is 73.1 Å². The number of fused-ring (bicyclic) bond motifs is 1. The topological polar surface area (TPSA) is 24.9 Å². The highest BCUT2D eigenvalue weighted by molar-refractivity contribution is 14.1. The standard InChI is InChI=1S/C12H10BrIN2/c13-10-5-7-1-2-8(14)6-11(7)16-12(10)15-9-3-4-9/h1-2,5-6,9H,3-4H2,(H,15,16). The maximum absolute atomic E-state index is 4.65. The fourth-order valence-electron chi connectivity index (χ4n) is 1.64. The van der Waals surface area contributed by atoms with E-state index in [-0.39, 0.29) is 0 Å². The Kier molecular flexibility index (Phi) is 2.79. The van der Waals surface area contributed by atoms with Gasteiger partial charge in [-0.3, -0.25) is 0 Å². The van der Waals surface area contributed by atoms with Crippen LogP contribution in [-0.2, 0) is 0 Å². The summed E-state index contributed by atoms with van der Waals surface area (Å²) >= 11 is 5.88. The summed E-state index contributed by atoms with van der Waals surface area (Å²) < 4.78 is 2.27. The van der Waals surface area contributed by atoms with Gasteiger partial charge >= 0.3 is 0 Å². The molecule has 0 radical (unpaired) electrons. The van der Waals surface area contributed by atoms with Crippen LogP contribution >= 0.6 is 38.5 Å². The fraction of sp³-hybridized carbons (Fsp3) is 0.250. The van der Waals surface area contributed by atoms with Crippen LogP contribution in [0.1, 0.15) is 12.8 Å². The molecule has 0 atom stereocenters. The van der Waals surface area contributed by atoms with Gasteiger partial charge in [0, 0.05) is 15.0 Å². The number of hydrogen-bond acceptors (Lipinski definition) is 2. The molecule has 0 aliphatic heterocycles. The highest BCUT2D eigenvalue weighted by Gasteiger charge is 2.22. The molecule has 0 amide bonds. The predicted molar refractivity (Wildman–Crippen MR) is 78.8 cm³/mol. The molecule has 1 N–H and O–H groups in total. The van der Waals surface area contributed by atoms with Crippen LogP contribution in [0, 0.1) is 3.57 Å². The summed E-state index contributed by atoms with van der Waals surface area (Å²) in [4.78, 5) is 4.65. The van der Waals surface area contributed by atoms with E-state index >= 15 is 0 Å². The fourth-order valence-corrected chi connectivity index (χ4v) is 2.56. The van der Waals surface area contributed by atoms with Gasteiger partial charge in [-0.15, -0.1) is 0 Å². The van der Waals surface area contributed by atoms with E-state index in [4.69, 9.17) is 0 Å². The summed E-state index contributed by atoms with van der Waals surface area (Å²) in [6.07, 6.45) is 2.52. The molecular formula is C12H10BrIN2. The van der Waals surface area contributed by atoms with E-state index in [1.165, 1.54) is 21.8 Å². The van der Waals surface area contributed by atoms with Crippen molar-refractivity contribution in [1.29, 1.82) is 0 Å². The number of hydrogen-bond donors (Lipinski definition) is 1. The Bertz CT molecular complexity index is 552. The molecule has 0 unspecified atom stereocenters. The lowest BCUT2D eigenvalue weighted by Gasteiger charge is -2.08. The molecule has 1 aromatic carbocycles. The van der Waals surface area contributed by atoms with Gasteiger partial charge in [-0.05, 0) is 69.6 Å². The normalized spacial score (nSPS) is 15.4. The Morgan fingerprint density at radius 3 is 2.88 bits per heavy atom. The third kappa shape index (κ3) is 2.18. The molecular weight excluding hydrogens is 379 g/mol. The van der Waals surface area contributed by atoms with Crippen molar-refractivity contribution < 1.29 is 0 Å². The highest BCUT2D eigenvalue weighted by atomic mass is 127. The highest BCUT2D eigenvalue weighted by Crippen LogP contribution is 2.30. The quantitative estimate of drug-likeness (QED) is 0.780. The first-order valence-corrected chi connectivity index (χ1v) is 7.12. The molecule has 0 spiro atoms. The van der Waals surface area contributed by atoms with Gasteiger partial charge in [-0.25, -0.2) is 4.98 Å². The van der Waals surface area contributed by atoms with Crippen molar-refractivity contribution in [2.24, 2.45) is 0 Å². The molecule has 16 heavy (non-hydrogen) atoms. The van der Waals surface area contributed by atoms with E-state index < -0.39 is 0 Å². The number of aromatic nitrogens is 1. The van der Waals surface area contributed by atoms with Crippen LogP contribution in [0.5, 0.6) is 0 Å². The second kappa shape index (κ2) is 4.14. The molecule has 3 rings (SSSR count). The van der Waals surface area contributed by atoms with Crippen molar-refractivity contribution in [2.45, 2.75) is 18.9 Å². The minimum atomic E-state index is 0.629. The summed E-state index contributed by atoms with van der Waals surface area (Å²) in [5.41, 5.74) is 1.05. The van der Waals surface area contributed by atoms with Crippen LogP contribution in [0.2, 0.25) is 0 Å². The van der Waals surface area contributed by atoms with Crippen molar-refractivity contribution in [3.63, 3.8) is 0 Å². The zero-order chi connectivity index (χ0) is 11.1. The number of benzene rings is 1. The monoisotopic (exact) mass is 388 g/mol. The Labute approximate surface area is 116 Å². The molecule has 1 aliphatic carbocycles. The van der Waals surface area contributed by atoms with Crippen molar-refractivity contribution in [1.82, 2.24) is 4.98 Å². The van der Waals surface area contributed by atoms with E-state index in [1.807, 2.05) is 0 Å². The minimum absolute atomic E-state index is 0.629. The molecule has 1 aliphatic rings. The van der Waals surface area contributed by atoms with E-state index in [9.17, 15) is 0 Å². The Morgan fingerprint density at radius 1 is 1.31 bits per heavy atom. The van der Waals surface area contributed by atoms with Crippen LogP contribution in [-0.4, -0.2) is 11.0 Å². The third-order valence-corrected chi connectivity index (χ3v) is 3.93. The maximum atomic E-state index is 4.65. The summed E-state index contributed by atoms with van der Waals surface area (Å²) in [5.74, 6) is 0.969. The number of nitrogens with one attached hydrogen (secondary N) is 1. The molecule has 2 aromatic rings. The molecule has 4 heteroatoms. The van der Waals surface area contributed by atoms with Crippen molar-refractivity contribution in [2.75, 3.05) is 5.32 Å². The zero-order valence-electron chi connectivity index (χ0n) is 8.50. The molecule has 0 bridgehead atoms. The molecule has 0 saturated heterocycles. The first-order valence-electron chi connectivity index (χ1n) is 5.25. The van der Waals surface area contributed by atoms with Gasteiger partial charge < -0.3 is 5.32 Å². The summed E-state index contributed by atoms with van der Waals surface area (Å²) in [6, 6.07) is 9.08. The van der Waals surface area contributed by atoms with E-state index in [0.29, 0.717) is 6.04 Å². The van der Waals surface area contributed by atoms with Crippen LogP contribution < -0.4 is 5.32 Å². The van der Waals surface area contributed by atoms with Crippen molar-refractivity contribution in [3.05, 3.63) is 32.3 Å². The van der Waals surface area contributed by atoms with Gasteiger partial charge in [0.1, 0.15) is 5.82 Å². The number of nitrogens with zero attached hydrogens (tertiary/aromatic N) is 1.